The maximum Gasteiger partial charge on any atom is 0.491 e. The average molecular weight is 252 g/mol. The molecule has 0 saturated heterocycles. The van der Waals surface area contributed by atoms with E-state index in [1.807, 2.05) is 20.8 Å². The van der Waals surface area contributed by atoms with Crippen LogP contribution in [-0.4, -0.2) is 22.3 Å². The molecule has 0 aliphatic carbocycles. The number of esters is 1. The van der Waals surface area contributed by atoms with Gasteiger partial charge in [0.05, 0.1) is 0 Å². The predicted molar refractivity (Wildman–Crippen MR) is 49.1 cm³/mol. The Balaban J connectivity index is 2.67. The fourth-order valence-electron chi connectivity index (χ4n) is 0.942. The van der Waals surface area contributed by atoms with Gasteiger partial charge in [0, 0.05) is 6.42 Å². The number of halogens is 3. The molecule has 1 aromatic heterocycles. The first kappa shape index (κ1) is 13.5. The molecular formula is C9H11F3N2O3. The number of aromatic nitrogens is 2. The van der Waals surface area contributed by atoms with E-state index in [9.17, 15) is 18.0 Å². The Morgan fingerprint density at radius 2 is 1.88 bits per heavy atom. The summed E-state index contributed by atoms with van der Waals surface area (Å²) >= 11 is 0. The van der Waals surface area contributed by atoms with Crippen molar-refractivity contribution in [1.29, 1.82) is 0 Å². The highest BCUT2D eigenvalue weighted by Gasteiger charge is 2.42. The van der Waals surface area contributed by atoms with Crippen molar-refractivity contribution < 1.29 is 27.1 Å². The van der Waals surface area contributed by atoms with Crippen LogP contribution in [0.1, 0.15) is 26.7 Å². The molecular weight excluding hydrogens is 241 g/mol. The Labute approximate surface area is 95.0 Å². The smallest absolute Gasteiger partial charge is 0.393 e. The molecule has 0 spiro atoms. The quantitative estimate of drug-likeness (QED) is 0.754. The number of ether oxygens (including phenoxy) is 1. The summed E-state index contributed by atoms with van der Waals surface area (Å²) in [6.45, 7) is 5.66. The molecule has 17 heavy (non-hydrogen) atoms. The van der Waals surface area contributed by atoms with Gasteiger partial charge in [-0.25, -0.2) is 4.79 Å². The van der Waals surface area contributed by atoms with Gasteiger partial charge in [0.25, 0.3) is 0 Å². The fourth-order valence-corrected chi connectivity index (χ4v) is 0.942. The predicted octanol–water partition coefficient (Wildman–Crippen LogP) is 2.13. The fraction of sp³-hybridized carbons (Fsp3) is 0.667. The van der Waals surface area contributed by atoms with Gasteiger partial charge >= 0.3 is 18.2 Å². The molecule has 0 aliphatic rings. The number of carbonyl (C=O) groups excluding carboxylic acids is 1. The lowest BCUT2D eigenvalue weighted by molar-refractivity contribution is -0.191. The normalized spacial score (nSPS) is 12.6. The van der Waals surface area contributed by atoms with Crippen LogP contribution in [0.4, 0.5) is 13.2 Å². The van der Waals surface area contributed by atoms with E-state index in [1.54, 1.807) is 0 Å². The first-order valence-corrected chi connectivity index (χ1v) is 4.69. The van der Waals surface area contributed by atoms with E-state index in [4.69, 9.17) is 4.42 Å². The van der Waals surface area contributed by atoms with Gasteiger partial charge in [0.15, 0.2) is 0 Å². The number of nitrogens with zero attached hydrogens (tertiary/aromatic N) is 2. The molecule has 0 saturated carbocycles. The van der Waals surface area contributed by atoms with Crippen molar-refractivity contribution in [3.63, 3.8) is 0 Å². The second-order valence-corrected chi connectivity index (χ2v) is 4.59. The van der Waals surface area contributed by atoms with Gasteiger partial charge in [0.2, 0.25) is 5.89 Å². The van der Waals surface area contributed by atoms with Crippen molar-refractivity contribution in [2.75, 3.05) is 0 Å². The van der Waals surface area contributed by atoms with Crippen LogP contribution < -0.4 is 4.74 Å². The lowest BCUT2D eigenvalue weighted by atomic mass is 9.92. The van der Waals surface area contributed by atoms with Gasteiger partial charge in [-0.15, -0.1) is 5.10 Å². The molecule has 0 aromatic carbocycles. The molecule has 0 N–H and O–H groups in total. The summed E-state index contributed by atoms with van der Waals surface area (Å²) in [4.78, 5) is 10.5. The first-order valence-electron chi connectivity index (χ1n) is 4.69. The molecule has 0 radical (unpaired) electrons. The van der Waals surface area contributed by atoms with Crippen molar-refractivity contribution in [2.24, 2.45) is 5.41 Å². The number of hydrogen-bond donors (Lipinski definition) is 0. The molecule has 1 aromatic rings. The highest BCUT2D eigenvalue weighted by atomic mass is 19.4. The molecule has 0 bridgehead atoms. The Morgan fingerprint density at radius 1 is 1.29 bits per heavy atom. The number of rotatable bonds is 2. The Bertz CT molecular complexity index is 406. The molecule has 5 nitrogen and oxygen atoms in total. The summed E-state index contributed by atoms with van der Waals surface area (Å²) in [6.07, 6.45) is -5.52. The van der Waals surface area contributed by atoms with Gasteiger partial charge in [-0.05, 0) is 5.41 Å². The van der Waals surface area contributed by atoms with Crippen LogP contribution in [0.15, 0.2) is 4.42 Å². The number of alkyl halides is 3. The topological polar surface area (TPSA) is 65.2 Å². The van der Waals surface area contributed by atoms with Crippen molar-refractivity contribution in [2.45, 2.75) is 33.4 Å². The lowest BCUT2D eigenvalue weighted by Gasteiger charge is -2.13. The van der Waals surface area contributed by atoms with E-state index < -0.39 is 18.2 Å². The van der Waals surface area contributed by atoms with Crippen LogP contribution in [0.5, 0.6) is 6.08 Å². The van der Waals surface area contributed by atoms with Gasteiger partial charge in [-0.3, -0.25) is 0 Å². The van der Waals surface area contributed by atoms with Crippen LogP contribution in [0.3, 0.4) is 0 Å². The molecule has 0 aliphatic heterocycles. The van der Waals surface area contributed by atoms with Gasteiger partial charge in [-0.2, -0.15) is 13.2 Å². The third kappa shape index (κ3) is 4.41. The molecule has 8 heteroatoms. The van der Waals surface area contributed by atoms with E-state index in [1.165, 1.54) is 0 Å². The van der Waals surface area contributed by atoms with E-state index >= 15 is 0 Å². The number of hydrogen-bond acceptors (Lipinski definition) is 5. The van der Waals surface area contributed by atoms with Crippen molar-refractivity contribution in [1.82, 2.24) is 10.2 Å². The van der Waals surface area contributed by atoms with Crippen molar-refractivity contribution in [3.8, 4) is 6.08 Å². The van der Waals surface area contributed by atoms with Crippen LogP contribution in [-0.2, 0) is 11.2 Å². The maximum atomic E-state index is 11.8. The van der Waals surface area contributed by atoms with Gasteiger partial charge < -0.3 is 9.15 Å². The second kappa shape index (κ2) is 4.34. The SMILES string of the molecule is CC(C)(C)Cc1nnc(OC(=O)C(F)(F)F)o1. The molecule has 96 valence electrons. The summed E-state index contributed by atoms with van der Waals surface area (Å²) in [7, 11) is 0. The van der Waals surface area contributed by atoms with Crippen LogP contribution in [0.25, 0.3) is 0 Å². The van der Waals surface area contributed by atoms with Crippen LogP contribution in [0.2, 0.25) is 0 Å². The summed E-state index contributed by atoms with van der Waals surface area (Å²) in [5, 5.41) is 6.67. The average Bonchev–Trinajstić information content (AvgIpc) is 2.47. The molecule has 0 fully saturated rings. The maximum absolute atomic E-state index is 11.8. The van der Waals surface area contributed by atoms with Crippen molar-refractivity contribution in [3.05, 3.63) is 5.89 Å². The lowest BCUT2D eigenvalue weighted by Crippen LogP contribution is -2.28. The number of carbonyl (C=O) groups is 1. The van der Waals surface area contributed by atoms with Gasteiger partial charge in [0.1, 0.15) is 0 Å². The minimum absolute atomic E-state index is 0.113. The Kier molecular flexibility index (Phi) is 3.44. The highest BCUT2D eigenvalue weighted by molar-refractivity contribution is 5.77. The molecule has 0 unspecified atom stereocenters. The van der Waals surface area contributed by atoms with E-state index in [0.29, 0.717) is 6.42 Å². The third-order valence-corrected chi connectivity index (χ3v) is 1.54. The van der Waals surface area contributed by atoms with Gasteiger partial charge in [-0.1, -0.05) is 25.9 Å². The van der Waals surface area contributed by atoms with E-state index in [-0.39, 0.29) is 11.3 Å². The highest BCUT2D eigenvalue weighted by Crippen LogP contribution is 2.23. The largest absolute Gasteiger partial charge is 0.491 e. The Hall–Kier alpha value is -1.60. The summed E-state index contributed by atoms with van der Waals surface area (Å²) < 4.78 is 44.2. The summed E-state index contributed by atoms with van der Waals surface area (Å²) in [6, 6.07) is 0. The minimum Gasteiger partial charge on any atom is -0.393 e. The third-order valence-electron chi connectivity index (χ3n) is 1.54. The summed E-state index contributed by atoms with van der Waals surface area (Å²) in [5.41, 5.74) is -0.169. The minimum atomic E-state index is -5.08. The zero-order valence-corrected chi connectivity index (χ0v) is 9.46. The van der Waals surface area contributed by atoms with E-state index in [0.717, 1.165) is 0 Å². The molecule has 1 rings (SSSR count). The molecule has 1 heterocycles. The standard InChI is InChI=1S/C9H11F3N2O3/c1-8(2,3)4-5-13-14-7(16-5)17-6(15)9(10,11)12/h4H2,1-3H3. The van der Waals surface area contributed by atoms with Crippen LogP contribution in [0, 0.1) is 5.41 Å². The van der Waals surface area contributed by atoms with Crippen molar-refractivity contribution >= 4 is 5.97 Å². The van der Waals surface area contributed by atoms with Crippen LogP contribution >= 0.6 is 0 Å². The Morgan fingerprint density at radius 3 is 2.35 bits per heavy atom. The first-order chi connectivity index (χ1) is 7.58. The van der Waals surface area contributed by atoms with E-state index in [2.05, 4.69) is 14.9 Å². The zero-order chi connectivity index (χ0) is 13.3. The zero-order valence-electron chi connectivity index (χ0n) is 9.46. The summed E-state index contributed by atoms with van der Waals surface area (Å²) in [5.74, 6) is -2.27. The monoisotopic (exact) mass is 252 g/mol. The molecule has 0 atom stereocenters. The molecule has 0 amide bonds. The second-order valence-electron chi connectivity index (χ2n) is 4.59.